The van der Waals surface area contributed by atoms with Gasteiger partial charge in [-0.05, 0) is 70.8 Å². The van der Waals surface area contributed by atoms with Gasteiger partial charge in [0.1, 0.15) is 24.3 Å². The molecule has 4 aromatic carbocycles. The lowest BCUT2D eigenvalue weighted by Crippen LogP contribution is -2.00. The van der Waals surface area contributed by atoms with Crippen LogP contribution in [0.1, 0.15) is 11.6 Å². The zero-order valence-electron chi connectivity index (χ0n) is 18.8. The highest BCUT2D eigenvalue weighted by Gasteiger charge is 2.14. The van der Waals surface area contributed by atoms with Crippen molar-refractivity contribution in [3.8, 4) is 33.9 Å². The van der Waals surface area contributed by atoms with Gasteiger partial charge in [0.2, 0.25) is 0 Å². The Morgan fingerprint density at radius 3 is 1.85 bits per heavy atom. The van der Waals surface area contributed by atoms with Gasteiger partial charge in [-0.1, -0.05) is 48.5 Å². The molecular formula is C28H20N6. The minimum absolute atomic E-state index is 0.602. The molecule has 0 fully saturated rings. The number of hydrogen-bond donors (Lipinski definition) is 0. The van der Waals surface area contributed by atoms with Crippen molar-refractivity contribution < 1.29 is 0 Å². The smallest absolute Gasteiger partial charge is 0.163 e. The molecule has 0 N–H and O–H groups in total. The molecule has 162 valence electrons. The number of rotatable bonds is 3. The van der Waals surface area contributed by atoms with E-state index in [9.17, 15) is 0 Å². The van der Waals surface area contributed by atoms with Crippen LogP contribution in [-0.4, -0.2) is 29.9 Å². The minimum atomic E-state index is 0.602. The fourth-order valence-electron chi connectivity index (χ4n) is 4.47. The molecule has 0 atom stereocenters. The third-order valence-electron chi connectivity index (χ3n) is 5.88. The molecule has 0 saturated heterocycles. The SMILES string of the molecule is Cc1nc(C)nc(-c2cc(-c3ncncn3)cc(-c3cc4ccccc4c4ccccc34)c2)n1. The van der Waals surface area contributed by atoms with Crippen LogP contribution in [0.3, 0.4) is 0 Å². The van der Waals surface area contributed by atoms with Crippen LogP contribution >= 0.6 is 0 Å². The molecule has 6 nitrogen and oxygen atoms in total. The van der Waals surface area contributed by atoms with Crippen LogP contribution in [0.5, 0.6) is 0 Å². The molecule has 6 rings (SSSR count). The first kappa shape index (κ1) is 20.1. The Labute approximate surface area is 196 Å². The zero-order chi connectivity index (χ0) is 23.1. The van der Waals surface area contributed by atoms with Crippen molar-refractivity contribution in [3.63, 3.8) is 0 Å². The Morgan fingerprint density at radius 2 is 1.12 bits per heavy atom. The number of aromatic nitrogens is 6. The lowest BCUT2D eigenvalue weighted by molar-refractivity contribution is 0.928. The standard InChI is InChI=1S/C28H20N6/c1-17-32-18(2)34-28(33-17)22-12-20(11-21(13-22)27-30-15-29-16-31-27)26-14-19-7-3-4-8-23(19)24-9-5-6-10-25(24)26/h3-16H,1-2H3. The maximum atomic E-state index is 4.61. The molecule has 0 radical (unpaired) electrons. The Hall–Kier alpha value is -4.58. The lowest BCUT2D eigenvalue weighted by Gasteiger charge is -2.14. The van der Waals surface area contributed by atoms with Crippen LogP contribution in [-0.2, 0) is 0 Å². The topological polar surface area (TPSA) is 77.3 Å². The summed E-state index contributed by atoms with van der Waals surface area (Å²) in [5.74, 6) is 2.61. The van der Waals surface area contributed by atoms with Gasteiger partial charge < -0.3 is 0 Å². The summed E-state index contributed by atoms with van der Waals surface area (Å²) in [5.41, 5.74) is 3.95. The second kappa shape index (κ2) is 8.08. The minimum Gasteiger partial charge on any atom is -0.225 e. The van der Waals surface area contributed by atoms with E-state index in [2.05, 4.69) is 96.6 Å². The molecule has 34 heavy (non-hydrogen) atoms. The predicted octanol–water partition coefficient (Wildman–Crippen LogP) is 5.98. The second-order valence-electron chi connectivity index (χ2n) is 8.21. The van der Waals surface area contributed by atoms with Crippen molar-refractivity contribution >= 4 is 21.5 Å². The molecule has 0 aliphatic rings. The van der Waals surface area contributed by atoms with Gasteiger partial charge in [0.15, 0.2) is 11.6 Å². The normalized spacial score (nSPS) is 11.2. The van der Waals surface area contributed by atoms with Crippen LogP contribution in [0.4, 0.5) is 0 Å². The summed E-state index contributed by atoms with van der Waals surface area (Å²) in [5, 5.41) is 4.83. The van der Waals surface area contributed by atoms with Gasteiger partial charge in [-0.25, -0.2) is 29.9 Å². The monoisotopic (exact) mass is 440 g/mol. The van der Waals surface area contributed by atoms with Gasteiger partial charge in [0.25, 0.3) is 0 Å². The Morgan fingerprint density at radius 1 is 0.529 bits per heavy atom. The Balaban J connectivity index is 1.67. The van der Waals surface area contributed by atoms with Gasteiger partial charge in [-0.2, -0.15) is 0 Å². The van der Waals surface area contributed by atoms with E-state index in [0.29, 0.717) is 23.3 Å². The highest BCUT2D eigenvalue weighted by Crippen LogP contribution is 2.37. The second-order valence-corrected chi connectivity index (χ2v) is 8.21. The van der Waals surface area contributed by atoms with E-state index < -0.39 is 0 Å². The first-order valence-electron chi connectivity index (χ1n) is 11.0. The summed E-state index contributed by atoms with van der Waals surface area (Å²) in [4.78, 5) is 26.3. The Bertz CT molecular complexity index is 1660. The molecule has 0 bridgehead atoms. The summed E-state index contributed by atoms with van der Waals surface area (Å²) < 4.78 is 0. The average Bonchev–Trinajstić information content (AvgIpc) is 2.88. The maximum absolute atomic E-state index is 4.61. The van der Waals surface area contributed by atoms with E-state index in [1.807, 2.05) is 19.9 Å². The number of benzene rings is 4. The third-order valence-corrected chi connectivity index (χ3v) is 5.88. The van der Waals surface area contributed by atoms with Gasteiger partial charge in [0, 0.05) is 11.1 Å². The number of aryl methyl sites for hydroxylation is 2. The first-order valence-corrected chi connectivity index (χ1v) is 11.0. The van der Waals surface area contributed by atoms with Gasteiger partial charge in [-0.15, -0.1) is 0 Å². The maximum Gasteiger partial charge on any atom is 0.163 e. The molecule has 0 unspecified atom stereocenters. The van der Waals surface area contributed by atoms with E-state index in [1.54, 1.807) is 0 Å². The molecule has 0 spiro atoms. The summed E-state index contributed by atoms with van der Waals surface area (Å²) in [7, 11) is 0. The Kier molecular flexibility index (Phi) is 4.77. The molecule has 6 heteroatoms. The summed E-state index contributed by atoms with van der Waals surface area (Å²) in [6.07, 6.45) is 3.02. The van der Waals surface area contributed by atoms with Gasteiger partial charge in [0.05, 0.1) is 0 Å². The van der Waals surface area contributed by atoms with Gasteiger partial charge in [-0.3, -0.25) is 0 Å². The van der Waals surface area contributed by atoms with Crippen molar-refractivity contribution in [1.29, 1.82) is 0 Å². The van der Waals surface area contributed by atoms with Crippen LogP contribution in [0, 0.1) is 13.8 Å². The quantitative estimate of drug-likeness (QED) is 0.315. The lowest BCUT2D eigenvalue weighted by atomic mass is 9.91. The van der Waals surface area contributed by atoms with Crippen molar-refractivity contribution in [2.75, 3.05) is 0 Å². The summed E-state index contributed by atoms with van der Waals surface area (Å²) in [6, 6.07) is 25.5. The molecular weight excluding hydrogens is 420 g/mol. The summed E-state index contributed by atoms with van der Waals surface area (Å²) in [6.45, 7) is 3.76. The van der Waals surface area contributed by atoms with E-state index in [1.165, 1.54) is 34.2 Å². The highest BCUT2D eigenvalue weighted by molar-refractivity contribution is 6.14. The number of fused-ring (bicyclic) bond motifs is 3. The van der Waals surface area contributed by atoms with E-state index in [0.717, 1.165) is 22.3 Å². The van der Waals surface area contributed by atoms with Crippen LogP contribution in [0.25, 0.3) is 55.4 Å². The molecule has 0 amide bonds. The van der Waals surface area contributed by atoms with E-state index >= 15 is 0 Å². The fourth-order valence-corrected chi connectivity index (χ4v) is 4.47. The van der Waals surface area contributed by atoms with Crippen molar-refractivity contribution in [1.82, 2.24) is 29.9 Å². The van der Waals surface area contributed by atoms with Crippen LogP contribution in [0.2, 0.25) is 0 Å². The molecule has 2 heterocycles. The van der Waals surface area contributed by atoms with Gasteiger partial charge >= 0.3 is 0 Å². The van der Waals surface area contributed by atoms with Crippen molar-refractivity contribution in [2.45, 2.75) is 13.8 Å². The molecule has 0 saturated carbocycles. The van der Waals surface area contributed by atoms with E-state index in [4.69, 9.17) is 0 Å². The van der Waals surface area contributed by atoms with Crippen LogP contribution < -0.4 is 0 Å². The third kappa shape index (κ3) is 3.55. The predicted molar refractivity (Wildman–Crippen MR) is 134 cm³/mol. The average molecular weight is 441 g/mol. The van der Waals surface area contributed by atoms with Crippen LogP contribution in [0.15, 0.2) is 85.5 Å². The van der Waals surface area contributed by atoms with E-state index in [-0.39, 0.29) is 0 Å². The number of nitrogens with zero attached hydrogens (tertiary/aromatic N) is 6. The molecule has 0 aliphatic carbocycles. The zero-order valence-corrected chi connectivity index (χ0v) is 18.8. The molecule has 2 aromatic heterocycles. The summed E-state index contributed by atoms with van der Waals surface area (Å²) >= 11 is 0. The first-order chi connectivity index (χ1) is 16.7. The van der Waals surface area contributed by atoms with Crippen molar-refractivity contribution in [3.05, 3.63) is 97.1 Å². The largest absolute Gasteiger partial charge is 0.225 e. The fraction of sp³-hybridized carbons (Fsp3) is 0.0714. The number of hydrogen-bond acceptors (Lipinski definition) is 6. The highest BCUT2D eigenvalue weighted by atomic mass is 15.0. The van der Waals surface area contributed by atoms with Crippen molar-refractivity contribution in [2.24, 2.45) is 0 Å². The molecule has 0 aliphatic heterocycles. The molecule has 6 aromatic rings.